The maximum Gasteiger partial charge on any atom is 0.253 e. The number of hydrogen-bond donors (Lipinski definition) is 2. The maximum absolute atomic E-state index is 12.3. The first-order valence-electron chi connectivity index (χ1n) is 7.92. The van der Waals surface area contributed by atoms with Crippen LogP contribution in [0.25, 0.3) is 10.9 Å². The average Bonchev–Trinajstić information content (AvgIpc) is 2.56. The van der Waals surface area contributed by atoms with Crippen LogP contribution in [0.1, 0.15) is 32.6 Å². The third kappa shape index (κ3) is 3.08. The number of H-pyrrole nitrogens is 1. The molecule has 0 aliphatic heterocycles. The Kier molecular flexibility index (Phi) is 4.21. The first kappa shape index (κ1) is 16.0. The Morgan fingerprint density at radius 3 is 2.54 bits per heavy atom. The van der Waals surface area contributed by atoms with E-state index in [-0.39, 0.29) is 18.0 Å². The molecule has 0 atom stereocenters. The molecular weight excluding hydrogens is 300 g/mol. The molecule has 0 radical (unpaired) electrons. The lowest BCUT2D eigenvalue weighted by atomic mass is 10.1. The standard InChI is InChI=1S/C20H20N2O2/c1-12-7-8-16(9-14(12)3)19(23)21-11-17-10-15-6-4-5-13(2)18(15)22-20(17)24/h4-10H,11H2,1-3H3,(H,21,23)(H,22,24). The van der Waals surface area contributed by atoms with Crippen LogP contribution in [-0.4, -0.2) is 10.9 Å². The molecule has 1 amide bonds. The van der Waals surface area contributed by atoms with Gasteiger partial charge in [-0.25, -0.2) is 0 Å². The zero-order valence-electron chi connectivity index (χ0n) is 14.1. The number of carbonyl (C=O) groups excluding carboxylic acids is 1. The Morgan fingerprint density at radius 1 is 1.00 bits per heavy atom. The predicted octanol–water partition coefficient (Wildman–Crippen LogP) is 3.38. The van der Waals surface area contributed by atoms with Crippen molar-refractivity contribution >= 4 is 16.8 Å². The van der Waals surface area contributed by atoms with Crippen LogP contribution in [0.5, 0.6) is 0 Å². The van der Waals surface area contributed by atoms with Crippen molar-refractivity contribution in [3.05, 3.63) is 80.6 Å². The van der Waals surface area contributed by atoms with Gasteiger partial charge in [-0.15, -0.1) is 0 Å². The molecule has 1 aromatic heterocycles. The van der Waals surface area contributed by atoms with Gasteiger partial charge in [0.2, 0.25) is 0 Å². The zero-order chi connectivity index (χ0) is 17.3. The fourth-order valence-electron chi connectivity index (χ4n) is 2.72. The lowest BCUT2D eigenvalue weighted by molar-refractivity contribution is 0.0950. The molecule has 0 bridgehead atoms. The Hall–Kier alpha value is -2.88. The summed E-state index contributed by atoms with van der Waals surface area (Å²) < 4.78 is 0. The molecular formula is C20H20N2O2. The van der Waals surface area contributed by atoms with Crippen molar-refractivity contribution in [2.75, 3.05) is 0 Å². The van der Waals surface area contributed by atoms with Gasteiger partial charge in [0.1, 0.15) is 0 Å². The maximum atomic E-state index is 12.3. The van der Waals surface area contributed by atoms with E-state index in [0.717, 1.165) is 27.6 Å². The first-order chi connectivity index (χ1) is 11.5. The number of para-hydroxylation sites is 1. The van der Waals surface area contributed by atoms with Gasteiger partial charge >= 0.3 is 0 Å². The lowest BCUT2D eigenvalue weighted by Gasteiger charge is -2.08. The molecule has 0 aliphatic carbocycles. The lowest BCUT2D eigenvalue weighted by Crippen LogP contribution is -2.26. The Morgan fingerprint density at radius 2 is 1.79 bits per heavy atom. The van der Waals surface area contributed by atoms with Crippen LogP contribution in [0.2, 0.25) is 0 Å². The number of benzene rings is 2. The monoisotopic (exact) mass is 320 g/mol. The summed E-state index contributed by atoms with van der Waals surface area (Å²) in [6.07, 6.45) is 0. The van der Waals surface area contributed by atoms with Gasteiger partial charge in [-0.1, -0.05) is 24.3 Å². The van der Waals surface area contributed by atoms with Gasteiger partial charge in [-0.2, -0.15) is 0 Å². The molecule has 0 unspecified atom stereocenters. The van der Waals surface area contributed by atoms with Crippen molar-refractivity contribution in [2.24, 2.45) is 0 Å². The molecule has 0 saturated heterocycles. The largest absolute Gasteiger partial charge is 0.348 e. The van der Waals surface area contributed by atoms with Crippen LogP contribution < -0.4 is 10.9 Å². The Bertz CT molecular complexity index is 987. The highest BCUT2D eigenvalue weighted by Crippen LogP contribution is 2.15. The van der Waals surface area contributed by atoms with Crippen LogP contribution >= 0.6 is 0 Å². The number of rotatable bonds is 3. The molecule has 3 rings (SSSR count). The minimum Gasteiger partial charge on any atom is -0.348 e. The SMILES string of the molecule is Cc1ccc(C(=O)NCc2cc3cccc(C)c3[nH]c2=O)cc1C. The minimum atomic E-state index is -0.179. The third-order valence-electron chi connectivity index (χ3n) is 4.37. The number of aromatic amines is 1. The summed E-state index contributed by atoms with van der Waals surface area (Å²) >= 11 is 0. The van der Waals surface area contributed by atoms with Crippen molar-refractivity contribution < 1.29 is 4.79 Å². The molecule has 0 spiro atoms. The second-order valence-electron chi connectivity index (χ2n) is 6.14. The van der Waals surface area contributed by atoms with Crippen LogP contribution in [0.15, 0.2) is 47.3 Å². The summed E-state index contributed by atoms with van der Waals surface area (Å²) in [6, 6.07) is 13.3. The second-order valence-corrected chi connectivity index (χ2v) is 6.14. The number of fused-ring (bicyclic) bond motifs is 1. The topological polar surface area (TPSA) is 62.0 Å². The van der Waals surface area contributed by atoms with Gasteiger partial charge in [0, 0.05) is 17.7 Å². The number of aryl methyl sites for hydroxylation is 3. The summed E-state index contributed by atoms with van der Waals surface area (Å²) in [4.78, 5) is 27.4. The predicted molar refractivity (Wildman–Crippen MR) is 96.4 cm³/mol. The molecule has 4 nitrogen and oxygen atoms in total. The molecule has 0 saturated carbocycles. The van der Waals surface area contributed by atoms with Crippen LogP contribution in [0.3, 0.4) is 0 Å². The highest BCUT2D eigenvalue weighted by molar-refractivity contribution is 5.94. The molecule has 2 N–H and O–H groups in total. The number of aromatic nitrogens is 1. The number of pyridine rings is 1. The number of nitrogens with one attached hydrogen (secondary N) is 2. The normalized spacial score (nSPS) is 10.8. The quantitative estimate of drug-likeness (QED) is 0.777. The third-order valence-corrected chi connectivity index (χ3v) is 4.37. The fraction of sp³-hybridized carbons (Fsp3) is 0.200. The van der Waals surface area contributed by atoms with Crippen LogP contribution in [-0.2, 0) is 6.54 Å². The van der Waals surface area contributed by atoms with Gasteiger partial charge < -0.3 is 10.3 Å². The van der Waals surface area contributed by atoms with E-state index >= 15 is 0 Å². The summed E-state index contributed by atoms with van der Waals surface area (Å²) in [6.45, 7) is 6.14. The van der Waals surface area contributed by atoms with Crippen molar-refractivity contribution in [3.8, 4) is 0 Å². The zero-order valence-corrected chi connectivity index (χ0v) is 14.1. The van der Waals surface area contributed by atoms with E-state index in [0.29, 0.717) is 11.1 Å². The van der Waals surface area contributed by atoms with Crippen molar-refractivity contribution in [1.29, 1.82) is 0 Å². The summed E-state index contributed by atoms with van der Waals surface area (Å²) in [7, 11) is 0. The van der Waals surface area contributed by atoms with E-state index in [4.69, 9.17) is 0 Å². The summed E-state index contributed by atoms with van der Waals surface area (Å²) in [5.41, 5.74) is 5.06. The van der Waals surface area contributed by atoms with E-state index in [1.165, 1.54) is 0 Å². The van der Waals surface area contributed by atoms with Crippen LogP contribution in [0.4, 0.5) is 0 Å². The van der Waals surface area contributed by atoms with Gasteiger partial charge in [0.25, 0.3) is 11.5 Å². The van der Waals surface area contributed by atoms with Crippen molar-refractivity contribution in [3.63, 3.8) is 0 Å². The molecule has 2 aromatic carbocycles. The molecule has 122 valence electrons. The van der Waals surface area contributed by atoms with E-state index in [1.807, 2.05) is 57.2 Å². The minimum absolute atomic E-state index is 0.169. The molecule has 3 aromatic rings. The second kappa shape index (κ2) is 6.32. The molecule has 1 heterocycles. The van der Waals surface area contributed by atoms with Gasteiger partial charge in [0.15, 0.2) is 0 Å². The first-order valence-corrected chi connectivity index (χ1v) is 7.92. The number of hydrogen-bond acceptors (Lipinski definition) is 2. The van der Waals surface area contributed by atoms with E-state index < -0.39 is 0 Å². The van der Waals surface area contributed by atoms with Crippen LogP contribution in [0, 0.1) is 20.8 Å². The van der Waals surface area contributed by atoms with Gasteiger partial charge in [-0.3, -0.25) is 9.59 Å². The highest BCUT2D eigenvalue weighted by atomic mass is 16.1. The molecule has 0 fully saturated rings. The Balaban J connectivity index is 1.82. The fourth-order valence-corrected chi connectivity index (χ4v) is 2.72. The van der Waals surface area contributed by atoms with Crippen molar-refractivity contribution in [2.45, 2.75) is 27.3 Å². The van der Waals surface area contributed by atoms with E-state index in [2.05, 4.69) is 10.3 Å². The van der Waals surface area contributed by atoms with Gasteiger partial charge in [0.05, 0.1) is 5.52 Å². The van der Waals surface area contributed by atoms with Gasteiger partial charge in [-0.05, 0) is 61.0 Å². The van der Waals surface area contributed by atoms with Crippen molar-refractivity contribution in [1.82, 2.24) is 10.3 Å². The average molecular weight is 320 g/mol. The molecule has 0 aliphatic rings. The Labute approximate surface area is 140 Å². The summed E-state index contributed by atoms with van der Waals surface area (Å²) in [5.74, 6) is -0.179. The van der Waals surface area contributed by atoms with E-state index in [1.54, 1.807) is 6.07 Å². The number of carbonyl (C=O) groups is 1. The smallest absolute Gasteiger partial charge is 0.253 e. The number of amides is 1. The summed E-state index contributed by atoms with van der Waals surface area (Å²) in [5, 5.41) is 3.79. The van der Waals surface area contributed by atoms with E-state index in [9.17, 15) is 9.59 Å². The molecule has 24 heavy (non-hydrogen) atoms. The molecule has 4 heteroatoms. The highest BCUT2D eigenvalue weighted by Gasteiger charge is 2.09.